The van der Waals surface area contributed by atoms with Crippen molar-refractivity contribution >= 4 is 11.6 Å². The van der Waals surface area contributed by atoms with Crippen LogP contribution in [0.25, 0.3) is 0 Å². The lowest BCUT2D eigenvalue weighted by Crippen LogP contribution is -2.24. The summed E-state index contributed by atoms with van der Waals surface area (Å²) in [5, 5.41) is 6.36. The van der Waals surface area contributed by atoms with Crippen molar-refractivity contribution in [2.75, 3.05) is 5.32 Å². The van der Waals surface area contributed by atoms with Crippen LogP contribution in [0, 0.1) is 0 Å². The van der Waals surface area contributed by atoms with Crippen LogP contribution >= 0.6 is 0 Å². The molecule has 0 saturated heterocycles. The zero-order chi connectivity index (χ0) is 18.5. The molecule has 0 atom stereocenters. The van der Waals surface area contributed by atoms with E-state index in [1.54, 1.807) is 6.20 Å². The maximum atomic E-state index is 12.7. The van der Waals surface area contributed by atoms with Crippen LogP contribution < -0.4 is 10.6 Å². The number of hydrogen-bond acceptors (Lipinski definition) is 3. The molecule has 4 rings (SSSR count). The first-order valence-corrected chi connectivity index (χ1v) is 9.38. The second-order valence-electron chi connectivity index (χ2n) is 6.96. The molecule has 1 aromatic heterocycles. The summed E-state index contributed by atoms with van der Waals surface area (Å²) in [6.07, 6.45) is 6.18. The van der Waals surface area contributed by atoms with Gasteiger partial charge in [-0.2, -0.15) is 0 Å². The van der Waals surface area contributed by atoms with Gasteiger partial charge < -0.3 is 10.6 Å². The Morgan fingerprint density at radius 1 is 0.926 bits per heavy atom. The molecule has 1 amide bonds. The van der Waals surface area contributed by atoms with Crippen LogP contribution in [0.15, 0.2) is 73.1 Å². The third kappa shape index (κ3) is 4.53. The van der Waals surface area contributed by atoms with Crippen molar-refractivity contribution in [1.82, 2.24) is 10.3 Å². The van der Waals surface area contributed by atoms with Crippen LogP contribution in [-0.2, 0) is 13.1 Å². The molecule has 1 aliphatic carbocycles. The Hall–Kier alpha value is -3.14. The van der Waals surface area contributed by atoms with E-state index in [-0.39, 0.29) is 5.91 Å². The molecule has 1 heterocycles. The summed E-state index contributed by atoms with van der Waals surface area (Å²) in [5.74, 6) is 0.682. The van der Waals surface area contributed by atoms with Gasteiger partial charge in [-0.05, 0) is 53.6 Å². The molecular formula is C23H23N3O. The molecule has 0 aliphatic heterocycles. The van der Waals surface area contributed by atoms with E-state index in [1.165, 1.54) is 18.4 Å². The van der Waals surface area contributed by atoms with E-state index in [1.807, 2.05) is 42.6 Å². The van der Waals surface area contributed by atoms with E-state index in [4.69, 9.17) is 0 Å². The SMILES string of the molecule is O=C(NCc1ccc(C2CC2)cc1)c1ccccc1NCc1cccnc1. The van der Waals surface area contributed by atoms with Crippen LogP contribution in [0.4, 0.5) is 5.69 Å². The van der Waals surface area contributed by atoms with Gasteiger partial charge >= 0.3 is 0 Å². The van der Waals surface area contributed by atoms with Gasteiger partial charge in [-0.1, -0.05) is 42.5 Å². The predicted molar refractivity (Wildman–Crippen MR) is 108 cm³/mol. The minimum atomic E-state index is -0.0736. The first-order valence-electron chi connectivity index (χ1n) is 9.38. The van der Waals surface area contributed by atoms with Gasteiger partial charge in [-0.3, -0.25) is 9.78 Å². The van der Waals surface area contributed by atoms with Gasteiger partial charge in [0.1, 0.15) is 0 Å². The van der Waals surface area contributed by atoms with Crippen molar-refractivity contribution in [3.63, 3.8) is 0 Å². The Bertz CT molecular complexity index is 902. The van der Waals surface area contributed by atoms with Gasteiger partial charge in [0.25, 0.3) is 5.91 Å². The first-order chi connectivity index (χ1) is 13.3. The van der Waals surface area contributed by atoms with E-state index in [0.29, 0.717) is 18.7 Å². The first kappa shape index (κ1) is 17.3. The summed E-state index contributed by atoms with van der Waals surface area (Å²) in [6, 6.07) is 20.1. The zero-order valence-electron chi connectivity index (χ0n) is 15.2. The number of carbonyl (C=O) groups is 1. The molecule has 1 saturated carbocycles. The summed E-state index contributed by atoms with van der Waals surface area (Å²) in [4.78, 5) is 16.8. The highest BCUT2D eigenvalue weighted by Gasteiger charge is 2.22. The lowest BCUT2D eigenvalue weighted by Gasteiger charge is -2.12. The van der Waals surface area contributed by atoms with Crippen molar-refractivity contribution < 1.29 is 4.79 Å². The number of para-hydroxylation sites is 1. The van der Waals surface area contributed by atoms with Gasteiger partial charge in [-0.25, -0.2) is 0 Å². The predicted octanol–water partition coefficient (Wildman–Crippen LogP) is 4.50. The Morgan fingerprint density at radius 2 is 1.74 bits per heavy atom. The van der Waals surface area contributed by atoms with Gasteiger partial charge in [0.05, 0.1) is 5.56 Å². The Labute approximate surface area is 159 Å². The molecule has 3 aromatic rings. The molecule has 0 bridgehead atoms. The standard InChI is InChI=1S/C23H23N3O/c27-23(26-15-17-7-9-19(10-8-17)20-11-12-20)21-5-1-2-6-22(21)25-16-18-4-3-13-24-14-18/h1-10,13-14,20,25H,11-12,15-16H2,(H,26,27). The smallest absolute Gasteiger partial charge is 0.253 e. The quantitative estimate of drug-likeness (QED) is 0.654. The number of pyridine rings is 1. The number of anilines is 1. The number of carbonyl (C=O) groups excluding carboxylic acids is 1. The fraction of sp³-hybridized carbons (Fsp3) is 0.217. The largest absolute Gasteiger partial charge is 0.380 e. The maximum absolute atomic E-state index is 12.7. The highest BCUT2D eigenvalue weighted by Crippen LogP contribution is 2.39. The normalized spacial score (nSPS) is 13.2. The average Bonchev–Trinajstić information content (AvgIpc) is 3.57. The molecule has 136 valence electrons. The molecule has 1 aliphatic rings. The highest BCUT2D eigenvalue weighted by atomic mass is 16.1. The lowest BCUT2D eigenvalue weighted by molar-refractivity contribution is 0.0951. The Balaban J connectivity index is 1.37. The number of nitrogens with zero attached hydrogens (tertiary/aromatic N) is 1. The third-order valence-electron chi connectivity index (χ3n) is 4.86. The van der Waals surface area contributed by atoms with Crippen molar-refractivity contribution in [1.29, 1.82) is 0 Å². The number of amides is 1. The van der Waals surface area contributed by atoms with Crippen molar-refractivity contribution in [2.45, 2.75) is 31.8 Å². The molecule has 1 fully saturated rings. The molecule has 4 nitrogen and oxygen atoms in total. The van der Waals surface area contributed by atoms with Gasteiger partial charge in [0.15, 0.2) is 0 Å². The fourth-order valence-corrected chi connectivity index (χ4v) is 3.14. The second kappa shape index (κ2) is 8.04. The van der Waals surface area contributed by atoms with E-state index >= 15 is 0 Å². The molecule has 2 aromatic carbocycles. The van der Waals surface area contributed by atoms with E-state index in [2.05, 4.69) is 39.9 Å². The molecule has 2 N–H and O–H groups in total. The van der Waals surface area contributed by atoms with Crippen molar-refractivity contribution in [2.24, 2.45) is 0 Å². The number of aromatic nitrogens is 1. The lowest BCUT2D eigenvalue weighted by atomic mass is 10.1. The zero-order valence-corrected chi connectivity index (χ0v) is 15.2. The van der Waals surface area contributed by atoms with E-state index in [9.17, 15) is 4.79 Å². The van der Waals surface area contributed by atoms with E-state index in [0.717, 1.165) is 22.7 Å². The summed E-state index contributed by atoms with van der Waals surface area (Å²) in [7, 11) is 0. The van der Waals surface area contributed by atoms with Crippen molar-refractivity contribution in [3.05, 3.63) is 95.3 Å². The van der Waals surface area contributed by atoms with Gasteiger partial charge in [0, 0.05) is 31.2 Å². The van der Waals surface area contributed by atoms with Crippen LogP contribution in [0.1, 0.15) is 45.8 Å². The minimum absolute atomic E-state index is 0.0736. The van der Waals surface area contributed by atoms with Gasteiger partial charge in [-0.15, -0.1) is 0 Å². The highest BCUT2D eigenvalue weighted by molar-refractivity contribution is 5.99. The maximum Gasteiger partial charge on any atom is 0.253 e. The van der Waals surface area contributed by atoms with Crippen molar-refractivity contribution in [3.8, 4) is 0 Å². The average molecular weight is 357 g/mol. The van der Waals surface area contributed by atoms with Crippen LogP contribution in [0.2, 0.25) is 0 Å². The van der Waals surface area contributed by atoms with Crippen LogP contribution in [-0.4, -0.2) is 10.9 Å². The number of hydrogen-bond donors (Lipinski definition) is 2. The monoisotopic (exact) mass is 357 g/mol. The fourth-order valence-electron chi connectivity index (χ4n) is 3.14. The molecule has 4 heteroatoms. The molecule has 0 spiro atoms. The molecule has 0 unspecified atom stereocenters. The third-order valence-corrected chi connectivity index (χ3v) is 4.86. The van der Waals surface area contributed by atoms with Gasteiger partial charge in [0.2, 0.25) is 0 Å². The van der Waals surface area contributed by atoms with Crippen LogP contribution in [0.5, 0.6) is 0 Å². The van der Waals surface area contributed by atoms with Crippen LogP contribution in [0.3, 0.4) is 0 Å². The summed E-state index contributed by atoms with van der Waals surface area (Å²) in [6.45, 7) is 1.15. The number of benzene rings is 2. The number of nitrogens with one attached hydrogen (secondary N) is 2. The summed E-state index contributed by atoms with van der Waals surface area (Å²) < 4.78 is 0. The molecule has 27 heavy (non-hydrogen) atoms. The Kier molecular flexibility index (Phi) is 5.15. The molecule has 0 radical (unpaired) electrons. The molecular weight excluding hydrogens is 334 g/mol. The number of rotatable bonds is 7. The minimum Gasteiger partial charge on any atom is -0.380 e. The topological polar surface area (TPSA) is 54.0 Å². The van der Waals surface area contributed by atoms with E-state index < -0.39 is 0 Å². The summed E-state index contributed by atoms with van der Waals surface area (Å²) >= 11 is 0. The summed E-state index contributed by atoms with van der Waals surface area (Å²) in [5.41, 5.74) is 5.07. The Morgan fingerprint density at radius 3 is 2.48 bits per heavy atom. The second-order valence-corrected chi connectivity index (χ2v) is 6.96.